The highest BCUT2D eigenvalue weighted by atomic mass is 16.3. The summed E-state index contributed by atoms with van der Waals surface area (Å²) in [5.41, 5.74) is -0.593. The summed E-state index contributed by atoms with van der Waals surface area (Å²) >= 11 is 0. The number of nitrogens with zero attached hydrogens (tertiary/aromatic N) is 2. The van der Waals surface area contributed by atoms with Gasteiger partial charge in [0, 0.05) is 26.2 Å². The normalized spacial score (nSPS) is 34.3. The van der Waals surface area contributed by atoms with Crippen LogP contribution in [0, 0.1) is 5.92 Å². The molecule has 2 fully saturated rings. The maximum atomic E-state index is 12.4. The first kappa shape index (κ1) is 13.7. The van der Waals surface area contributed by atoms with Crippen molar-refractivity contribution in [2.45, 2.75) is 51.6 Å². The molecule has 0 spiro atoms. The van der Waals surface area contributed by atoms with Crippen LogP contribution in [0.3, 0.4) is 0 Å². The van der Waals surface area contributed by atoms with Gasteiger partial charge in [0.25, 0.3) is 0 Å². The van der Waals surface area contributed by atoms with Crippen LogP contribution in [0.4, 0.5) is 4.79 Å². The van der Waals surface area contributed by atoms with Crippen LogP contribution in [0.5, 0.6) is 0 Å². The Bertz CT molecular complexity index is 304. The molecule has 2 atom stereocenters. The predicted octanol–water partition coefficient (Wildman–Crippen LogP) is 2.08. The SMILES string of the molecule is CC1CCCN(C(=O)N2CCCC(C)(O)CC2)C1. The highest BCUT2D eigenvalue weighted by Crippen LogP contribution is 2.23. The molecule has 0 aromatic heterocycles. The predicted molar refractivity (Wildman–Crippen MR) is 71.4 cm³/mol. The topological polar surface area (TPSA) is 43.8 Å². The minimum atomic E-state index is -0.593. The lowest BCUT2D eigenvalue weighted by atomic mass is 9.98. The monoisotopic (exact) mass is 254 g/mol. The number of urea groups is 1. The Labute approximate surface area is 110 Å². The molecule has 104 valence electrons. The van der Waals surface area contributed by atoms with Crippen LogP contribution in [0.1, 0.15) is 46.0 Å². The molecule has 0 aliphatic carbocycles. The quantitative estimate of drug-likeness (QED) is 0.719. The van der Waals surface area contributed by atoms with Crippen molar-refractivity contribution < 1.29 is 9.90 Å². The lowest BCUT2D eigenvalue weighted by molar-refractivity contribution is 0.0448. The van der Waals surface area contributed by atoms with Crippen LogP contribution in [0.2, 0.25) is 0 Å². The smallest absolute Gasteiger partial charge is 0.320 e. The van der Waals surface area contributed by atoms with Crippen molar-refractivity contribution in [2.24, 2.45) is 5.92 Å². The molecule has 0 radical (unpaired) electrons. The minimum absolute atomic E-state index is 0.180. The van der Waals surface area contributed by atoms with E-state index in [0.29, 0.717) is 18.9 Å². The third-order valence-electron chi connectivity index (χ3n) is 4.26. The van der Waals surface area contributed by atoms with Gasteiger partial charge in [0.15, 0.2) is 0 Å². The number of rotatable bonds is 0. The van der Waals surface area contributed by atoms with Crippen LogP contribution < -0.4 is 0 Å². The zero-order valence-electron chi connectivity index (χ0n) is 11.7. The molecule has 0 saturated carbocycles. The number of amides is 2. The zero-order valence-corrected chi connectivity index (χ0v) is 11.7. The van der Waals surface area contributed by atoms with Gasteiger partial charge in [0.1, 0.15) is 0 Å². The molecule has 0 aromatic carbocycles. The standard InChI is InChI=1S/C14H26N2O2/c1-12-5-3-8-16(11-12)13(17)15-9-4-6-14(2,18)7-10-15/h12,18H,3-11H2,1-2H3. The van der Waals surface area contributed by atoms with Gasteiger partial charge in [0.05, 0.1) is 5.60 Å². The van der Waals surface area contributed by atoms with E-state index in [1.165, 1.54) is 6.42 Å². The van der Waals surface area contributed by atoms with Gasteiger partial charge in [-0.15, -0.1) is 0 Å². The van der Waals surface area contributed by atoms with Crippen molar-refractivity contribution in [3.63, 3.8) is 0 Å². The van der Waals surface area contributed by atoms with E-state index in [4.69, 9.17) is 0 Å². The molecular formula is C14H26N2O2. The Morgan fingerprint density at radius 2 is 1.89 bits per heavy atom. The molecule has 0 aromatic rings. The van der Waals surface area contributed by atoms with Gasteiger partial charge in [-0.25, -0.2) is 4.79 Å². The van der Waals surface area contributed by atoms with Gasteiger partial charge >= 0.3 is 6.03 Å². The number of likely N-dealkylation sites (tertiary alicyclic amines) is 2. The first-order chi connectivity index (χ1) is 8.48. The highest BCUT2D eigenvalue weighted by Gasteiger charge is 2.30. The van der Waals surface area contributed by atoms with E-state index in [1.807, 2.05) is 16.7 Å². The first-order valence-corrected chi connectivity index (χ1v) is 7.24. The molecular weight excluding hydrogens is 228 g/mol. The number of hydrogen-bond donors (Lipinski definition) is 1. The van der Waals surface area contributed by atoms with E-state index in [9.17, 15) is 9.90 Å². The van der Waals surface area contributed by atoms with E-state index >= 15 is 0 Å². The lowest BCUT2D eigenvalue weighted by Crippen LogP contribution is -2.47. The van der Waals surface area contributed by atoms with Crippen molar-refractivity contribution in [3.05, 3.63) is 0 Å². The molecule has 2 unspecified atom stereocenters. The number of carbonyl (C=O) groups excluding carboxylic acids is 1. The maximum Gasteiger partial charge on any atom is 0.320 e. The van der Waals surface area contributed by atoms with Crippen molar-refractivity contribution >= 4 is 6.03 Å². The van der Waals surface area contributed by atoms with Gasteiger partial charge in [-0.05, 0) is 44.9 Å². The van der Waals surface area contributed by atoms with Crippen molar-refractivity contribution in [1.82, 2.24) is 9.80 Å². The highest BCUT2D eigenvalue weighted by molar-refractivity contribution is 5.74. The molecule has 4 nitrogen and oxygen atoms in total. The summed E-state index contributed by atoms with van der Waals surface area (Å²) in [6, 6.07) is 0.180. The van der Waals surface area contributed by atoms with E-state index in [0.717, 1.165) is 38.9 Å². The summed E-state index contributed by atoms with van der Waals surface area (Å²) in [5.74, 6) is 0.623. The van der Waals surface area contributed by atoms with E-state index in [2.05, 4.69) is 6.92 Å². The van der Waals surface area contributed by atoms with Crippen molar-refractivity contribution in [3.8, 4) is 0 Å². The zero-order chi connectivity index (χ0) is 13.2. The molecule has 2 heterocycles. The lowest BCUT2D eigenvalue weighted by Gasteiger charge is -2.35. The fourth-order valence-corrected chi connectivity index (χ4v) is 3.02. The van der Waals surface area contributed by atoms with Crippen LogP contribution in [-0.2, 0) is 0 Å². The van der Waals surface area contributed by atoms with Gasteiger partial charge < -0.3 is 14.9 Å². The average Bonchev–Trinajstić information content (AvgIpc) is 2.49. The van der Waals surface area contributed by atoms with Gasteiger partial charge in [-0.1, -0.05) is 6.92 Å². The fraction of sp³-hybridized carbons (Fsp3) is 0.929. The third-order valence-corrected chi connectivity index (χ3v) is 4.26. The van der Waals surface area contributed by atoms with E-state index in [1.54, 1.807) is 0 Å². The summed E-state index contributed by atoms with van der Waals surface area (Å²) < 4.78 is 0. The molecule has 0 bridgehead atoms. The van der Waals surface area contributed by atoms with E-state index in [-0.39, 0.29) is 6.03 Å². The Kier molecular flexibility index (Phi) is 4.15. The molecule has 1 N–H and O–H groups in total. The van der Waals surface area contributed by atoms with Crippen molar-refractivity contribution in [1.29, 1.82) is 0 Å². The van der Waals surface area contributed by atoms with Crippen LogP contribution in [-0.4, -0.2) is 52.7 Å². The molecule has 2 aliphatic heterocycles. The maximum absolute atomic E-state index is 12.4. The summed E-state index contributed by atoms with van der Waals surface area (Å²) in [6.07, 6.45) is 4.76. The summed E-state index contributed by atoms with van der Waals surface area (Å²) in [5, 5.41) is 10.1. The summed E-state index contributed by atoms with van der Waals surface area (Å²) in [6.45, 7) is 7.37. The largest absolute Gasteiger partial charge is 0.390 e. The Hall–Kier alpha value is -0.770. The molecule has 2 aliphatic rings. The second-order valence-corrected chi connectivity index (χ2v) is 6.31. The van der Waals surface area contributed by atoms with Crippen LogP contribution >= 0.6 is 0 Å². The van der Waals surface area contributed by atoms with E-state index < -0.39 is 5.60 Å². The van der Waals surface area contributed by atoms with Gasteiger partial charge in [-0.2, -0.15) is 0 Å². The second-order valence-electron chi connectivity index (χ2n) is 6.31. The molecule has 18 heavy (non-hydrogen) atoms. The van der Waals surface area contributed by atoms with Gasteiger partial charge in [0.2, 0.25) is 0 Å². The second kappa shape index (κ2) is 5.47. The summed E-state index contributed by atoms with van der Waals surface area (Å²) in [4.78, 5) is 16.4. The molecule has 2 rings (SSSR count). The number of aliphatic hydroxyl groups is 1. The number of hydrogen-bond acceptors (Lipinski definition) is 2. The molecule has 4 heteroatoms. The number of piperidine rings is 1. The molecule has 2 saturated heterocycles. The first-order valence-electron chi connectivity index (χ1n) is 7.24. The average molecular weight is 254 g/mol. The van der Waals surface area contributed by atoms with Crippen molar-refractivity contribution in [2.75, 3.05) is 26.2 Å². The Morgan fingerprint density at radius 3 is 2.61 bits per heavy atom. The minimum Gasteiger partial charge on any atom is -0.390 e. The summed E-state index contributed by atoms with van der Waals surface area (Å²) in [7, 11) is 0. The van der Waals surface area contributed by atoms with Gasteiger partial charge in [-0.3, -0.25) is 0 Å². The van der Waals surface area contributed by atoms with Crippen LogP contribution in [0.15, 0.2) is 0 Å². The Morgan fingerprint density at radius 1 is 1.17 bits per heavy atom. The number of carbonyl (C=O) groups is 1. The third kappa shape index (κ3) is 3.37. The Balaban J connectivity index is 1.92. The van der Waals surface area contributed by atoms with Crippen LogP contribution in [0.25, 0.3) is 0 Å². The fourth-order valence-electron chi connectivity index (χ4n) is 3.02. The molecule has 2 amide bonds.